The average molecular weight is 283 g/mol. The minimum atomic E-state index is -1.77. The molecule has 1 aromatic carbocycles. The van der Waals surface area contributed by atoms with Gasteiger partial charge in [0, 0.05) is 12.0 Å². The molecule has 0 spiro atoms. The van der Waals surface area contributed by atoms with E-state index in [4.69, 9.17) is 19.7 Å². The first-order valence-corrected chi connectivity index (χ1v) is 5.42. The normalized spacial score (nSPS) is 12.4. The second kappa shape index (κ2) is 5.03. The van der Waals surface area contributed by atoms with E-state index < -0.39 is 34.9 Å². The number of fused-ring (bicyclic) bond motifs is 1. The Bertz CT molecular complexity index is 582. The van der Waals surface area contributed by atoms with E-state index in [1.165, 1.54) is 6.07 Å². The van der Waals surface area contributed by atoms with Crippen molar-refractivity contribution in [2.75, 3.05) is 6.79 Å². The zero-order valence-corrected chi connectivity index (χ0v) is 9.94. The van der Waals surface area contributed by atoms with E-state index in [0.29, 0.717) is 0 Å². The minimum Gasteiger partial charge on any atom is -0.481 e. The van der Waals surface area contributed by atoms with Gasteiger partial charge in [0.25, 0.3) is 5.69 Å². The number of hydrogen-bond acceptors (Lipinski definition) is 6. The van der Waals surface area contributed by atoms with E-state index in [-0.39, 0.29) is 23.9 Å². The summed E-state index contributed by atoms with van der Waals surface area (Å²) < 4.78 is 10.0. The van der Waals surface area contributed by atoms with E-state index in [1.54, 1.807) is 0 Å². The van der Waals surface area contributed by atoms with E-state index in [1.807, 2.05) is 0 Å². The van der Waals surface area contributed by atoms with Gasteiger partial charge in [0.15, 0.2) is 17.4 Å². The van der Waals surface area contributed by atoms with Crippen molar-refractivity contribution >= 4 is 17.6 Å². The quantitative estimate of drug-likeness (QED) is 0.456. The number of nitrogens with zero attached hydrogens (tertiary/aromatic N) is 1. The molecule has 2 N–H and O–H groups in total. The van der Waals surface area contributed by atoms with Crippen LogP contribution in [-0.4, -0.2) is 33.9 Å². The summed E-state index contributed by atoms with van der Waals surface area (Å²) in [5, 5.41) is 28.6. The van der Waals surface area contributed by atoms with Gasteiger partial charge in [-0.1, -0.05) is 0 Å². The van der Waals surface area contributed by atoms with Crippen LogP contribution in [0.25, 0.3) is 0 Å². The Morgan fingerprint density at radius 2 is 1.80 bits per heavy atom. The fourth-order valence-electron chi connectivity index (χ4n) is 1.81. The van der Waals surface area contributed by atoms with Crippen LogP contribution in [0.1, 0.15) is 5.56 Å². The molecule has 0 unspecified atom stereocenters. The van der Waals surface area contributed by atoms with Crippen molar-refractivity contribution < 1.29 is 34.2 Å². The van der Waals surface area contributed by atoms with Crippen molar-refractivity contribution in [3.05, 3.63) is 27.8 Å². The minimum absolute atomic E-state index is 0.0333. The number of hydrogen-bond donors (Lipinski definition) is 2. The average Bonchev–Trinajstić information content (AvgIpc) is 2.80. The third kappa shape index (κ3) is 2.46. The van der Waals surface area contributed by atoms with Gasteiger partial charge in [0.1, 0.15) is 0 Å². The Labute approximate surface area is 111 Å². The summed E-state index contributed by atoms with van der Waals surface area (Å²) in [5.74, 6) is -4.51. The summed E-state index contributed by atoms with van der Waals surface area (Å²) in [6.07, 6.45) is -0.516. The van der Waals surface area contributed by atoms with Gasteiger partial charge in [-0.05, 0) is 6.07 Å². The summed E-state index contributed by atoms with van der Waals surface area (Å²) in [4.78, 5) is 31.9. The zero-order chi connectivity index (χ0) is 14.9. The Balaban J connectivity index is 2.42. The topological polar surface area (TPSA) is 136 Å². The van der Waals surface area contributed by atoms with E-state index in [9.17, 15) is 19.7 Å². The van der Waals surface area contributed by atoms with Gasteiger partial charge >= 0.3 is 11.9 Å². The molecule has 9 nitrogen and oxygen atoms in total. The molecule has 0 aromatic heterocycles. The molecule has 0 saturated carbocycles. The summed E-state index contributed by atoms with van der Waals surface area (Å²) in [6, 6.07) is 2.33. The molecule has 1 heterocycles. The van der Waals surface area contributed by atoms with Gasteiger partial charge in [-0.25, -0.2) is 0 Å². The second-order valence-electron chi connectivity index (χ2n) is 4.02. The lowest BCUT2D eigenvalue weighted by Crippen LogP contribution is -2.25. The second-order valence-corrected chi connectivity index (χ2v) is 4.02. The number of carboxylic acid groups (broad SMARTS) is 2. The predicted molar refractivity (Wildman–Crippen MR) is 61.7 cm³/mol. The van der Waals surface area contributed by atoms with Crippen molar-refractivity contribution in [3.8, 4) is 11.5 Å². The van der Waals surface area contributed by atoms with Crippen LogP contribution in [0.4, 0.5) is 5.69 Å². The summed E-state index contributed by atoms with van der Waals surface area (Å²) in [5.41, 5.74) is -0.434. The molecule has 106 valence electrons. The molecule has 0 aliphatic carbocycles. The Morgan fingerprint density at radius 1 is 1.25 bits per heavy atom. The highest BCUT2D eigenvalue weighted by Crippen LogP contribution is 2.38. The number of carbonyl (C=O) groups is 2. The maximum atomic E-state index is 11.0. The molecule has 1 aliphatic rings. The predicted octanol–water partition coefficient (Wildman–Crippen LogP) is 0.651. The van der Waals surface area contributed by atoms with Crippen LogP contribution < -0.4 is 9.47 Å². The van der Waals surface area contributed by atoms with E-state index in [2.05, 4.69) is 0 Å². The Kier molecular flexibility index (Phi) is 3.42. The number of nitro groups is 1. The van der Waals surface area contributed by atoms with Crippen LogP contribution in [0, 0.1) is 16.0 Å². The summed E-state index contributed by atoms with van der Waals surface area (Å²) >= 11 is 0. The highest BCUT2D eigenvalue weighted by Gasteiger charge is 2.31. The highest BCUT2D eigenvalue weighted by molar-refractivity contribution is 5.93. The molecular formula is C11H9NO8. The van der Waals surface area contributed by atoms with Crippen molar-refractivity contribution in [1.29, 1.82) is 0 Å². The fraction of sp³-hybridized carbons (Fsp3) is 0.273. The van der Waals surface area contributed by atoms with Gasteiger partial charge in [-0.3, -0.25) is 19.7 Å². The van der Waals surface area contributed by atoms with Crippen LogP contribution in [-0.2, 0) is 16.0 Å². The standard InChI is InChI=1S/C11H9NO8/c13-10(14)6(11(15)16)1-5-2-8-9(20-4-19-8)3-7(5)12(17)18/h2-3,6H,1,4H2,(H,13,14)(H,15,16). The van der Waals surface area contributed by atoms with Gasteiger partial charge in [-0.15, -0.1) is 0 Å². The zero-order valence-electron chi connectivity index (χ0n) is 9.94. The van der Waals surface area contributed by atoms with Crippen LogP contribution in [0.5, 0.6) is 11.5 Å². The largest absolute Gasteiger partial charge is 0.481 e. The first-order chi connectivity index (χ1) is 9.40. The van der Waals surface area contributed by atoms with Crippen molar-refractivity contribution in [3.63, 3.8) is 0 Å². The number of rotatable bonds is 5. The molecule has 0 saturated heterocycles. The summed E-state index contributed by atoms with van der Waals surface area (Å²) in [7, 11) is 0. The monoisotopic (exact) mass is 283 g/mol. The lowest BCUT2D eigenvalue weighted by atomic mass is 9.98. The number of nitro benzene ring substituents is 1. The van der Waals surface area contributed by atoms with Crippen LogP contribution >= 0.6 is 0 Å². The lowest BCUT2D eigenvalue weighted by Gasteiger charge is -2.08. The van der Waals surface area contributed by atoms with Crippen molar-refractivity contribution in [2.24, 2.45) is 5.92 Å². The molecule has 1 aromatic rings. The molecule has 0 radical (unpaired) electrons. The lowest BCUT2D eigenvalue weighted by molar-refractivity contribution is -0.385. The maximum Gasteiger partial charge on any atom is 0.318 e. The van der Waals surface area contributed by atoms with E-state index in [0.717, 1.165) is 6.07 Å². The van der Waals surface area contributed by atoms with Gasteiger partial charge in [0.2, 0.25) is 6.79 Å². The van der Waals surface area contributed by atoms with Crippen molar-refractivity contribution in [2.45, 2.75) is 6.42 Å². The highest BCUT2D eigenvalue weighted by atomic mass is 16.7. The molecule has 1 aliphatic heterocycles. The number of ether oxygens (including phenoxy) is 2. The van der Waals surface area contributed by atoms with Gasteiger partial charge in [0.05, 0.1) is 11.0 Å². The first-order valence-electron chi connectivity index (χ1n) is 5.42. The number of aliphatic carboxylic acids is 2. The van der Waals surface area contributed by atoms with Crippen LogP contribution in [0.2, 0.25) is 0 Å². The SMILES string of the molecule is O=C(O)C(Cc1cc2c(cc1[N+](=O)[O-])OCO2)C(=O)O. The smallest absolute Gasteiger partial charge is 0.318 e. The molecule has 0 atom stereocenters. The van der Waals surface area contributed by atoms with Crippen molar-refractivity contribution in [1.82, 2.24) is 0 Å². The van der Waals surface area contributed by atoms with Gasteiger partial charge < -0.3 is 19.7 Å². The molecule has 0 bridgehead atoms. The summed E-state index contributed by atoms with van der Waals surface area (Å²) in [6.45, 7) is -0.1000. The molecule has 9 heteroatoms. The molecule has 20 heavy (non-hydrogen) atoms. The third-order valence-corrected chi connectivity index (χ3v) is 2.79. The number of carboxylic acids is 2. The number of benzene rings is 1. The Hall–Kier alpha value is -2.84. The fourth-order valence-corrected chi connectivity index (χ4v) is 1.81. The van der Waals surface area contributed by atoms with Crippen LogP contribution in [0.15, 0.2) is 12.1 Å². The maximum absolute atomic E-state index is 11.0. The van der Waals surface area contributed by atoms with E-state index >= 15 is 0 Å². The molecule has 0 fully saturated rings. The first kappa shape index (κ1) is 13.6. The molecular weight excluding hydrogens is 274 g/mol. The molecule has 2 rings (SSSR count). The van der Waals surface area contributed by atoms with Gasteiger partial charge in [-0.2, -0.15) is 0 Å². The Morgan fingerprint density at radius 3 is 2.30 bits per heavy atom. The van der Waals surface area contributed by atoms with Crippen LogP contribution in [0.3, 0.4) is 0 Å². The third-order valence-electron chi connectivity index (χ3n) is 2.79. The molecule has 0 amide bonds.